The SMILES string of the molecule is CCCOc1ccc(-c2nn(-c3ccccc3)cc2/C=C2/C(=O)N(CC(C)C)C(=O)C(C#N)=C2C)c(C)c1. The van der Waals surface area contributed by atoms with E-state index in [0.29, 0.717) is 29.0 Å². The van der Waals surface area contributed by atoms with Gasteiger partial charge in [0.15, 0.2) is 0 Å². The van der Waals surface area contributed by atoms with Gasteiger partial charge in [0.1, 0.15) is 23.1 Å². The number of aryl methyl sites for hydroxylation is 1. The van der Waals surface area contributed by atoms with E-state index in [1.807, 2.05) is 81.6 Å². The molecule has 0 radical (unpaired) electrons. The van der Waals surface area contributed by atoms with Crippen LogP contribution in [0.15, 0.2) is 71.4 Å². The van der Waals surface area contributed by atoms with Crippen molar-refractivity contribution in [3.8, 4) is 28.8 Å². The van der Waals surface area contributed by atoms with Gasteiger partial charge in [0.25, 0.3) is 11.8 Å². The molecular formula is C31H32N4O3. The number of carbonyl (C=O) groups excluding carboxylic acids is 2. The van der Waals surface area contributed by atoms with Gasteiger partial charge in [-0.25, -0.2) is 4.68 Å². The highest BCUT2D eigenvalue weighted by Crippen LogP contribution is 2.33. The fourth-order valence-electron chi connectivity index (χ4n) is 4.44. The zero-order valence-electron chi connectivity index (χ0n) is 22.5. The number of benzene rings is 2. The summed E-state index contributed by atoms with van der Waals surface area (Å²) in [6.45, 7) is 10.5. The number of hydrogen-bond acceptors (Lipinski definition) is 5. The number of amides is 2. The number of nitriles is 1. The molecule has 0 unspecified atom stereocenters. The lowest BCUT2D eigenvalue weighted by Crippen LogP contribution is -2.44. The maximum atomic E-state index is 13.5. The minimum absolute atomic E-state index is 0.0119. The van der Waals surface area contributed by atoms with Gasteiger partial charge in [0, 0.05) is 29.4 Å². The number of rotatable bonds is 8. The molecule has 38 heavy (non-hydrogen) atoms. The minimum atomic E-state index is -0.542. The third kappa shape index (κ3) is 5.30. The quantitative estimate of drug-likeness (QED) is 0.280. The van der Waals surface area contributed by atoms with Crippen LogP contribution in [0.2, 0.25) is 0 Å². The van der Waals surface area contributed by atoms with Crippen LogP contribution < -0.4 is 4.74 Å². The highest BCUT2D eigenvalue weighted by molar-refractivity contribution is 6.19. The molecule has 3 aromatic rings. The number of hydrogen-bond donors (Lipinski definition) is 0. The number of ether oxygens (including phenoxy) is 1. The summed E-state index contributed by atoms with van der Waals surface area (Å²) in [7, 11) is 0. The van der Waals surface area contributed by atoms with Crippen molar-refractivity contribution in [2.45, 2.75) is 41.0 Å². The maximum absolute atomic E-state index is 13.5. The molecule has 0 fully saturated rings. The second-order valence-electron chi connectivity index (χ2n) is 9.82. The van der Waals surface area contributed by atoms with Crippen molar-refractivity contribution in [2.24, 2.45) is 5.92 Å². The summed E-state index contributed by atoms with van der Waals surface area (Å²) < 4.78 is 7.58. The molecule has 0 N–H and O–H groups in total. The van der Waals surface area contributed by atoms with Gasteiger partial charge in [0.05, 0.1) is 12.3 Å². The molecule has 2 heterocycles. The van der Waals surface area contributed by atoms with Crippen LogP contribution in [-0.2, 0) is 9.59 Å². The van der Waals surface area contributed by atoms with Crippen LogP contribution in [-0.4, -0.2) is 39.6 Å². The normalized spacial score (nSPS) is 15.0. The van der Waals surface area contributed by atoms with Gasteiger partial charge in [-0.05, 0) is 73.7 Å². The Balaban J connectivity index is 1.89. The van der Waals surface area contributed by atoms with E-state index >= 15 is 0 Å². The average Bonchev–Trinajstić information content (AvgIpc) is 3.32. The maximum Gasteiger partial charge on any atom is 0.271 e. The lowest BCUT2D eigenvalue weighted by atomic mass is 9.92. The Labute approximate surface area is 223 Å². The zero-order chi connectivity index (χ0) is 27.4. The van der Waals surface area contributed by atoms with Gasteiger partial charge in [-0.1, -0.05) is 39.0 Å². The van der Waals surface area contributed by atoms with Crippen molar-refractivity contribution >= 4 is 17.9 Å². The Morgan fingerprint density at radius 2 is 1.82 bits per heavy atom. The molecule has 0 aliphatic carbocycles. The van der Waals surface area contributed by atoms with Crippen molar-refractivity contribution in [3.05, 3.63) is 82.6 Å². The number of nitrogens with zero attached hydrogens (tertiary/aromatic N) is 4. The van der Waals surface area contributed by atoms with Crippen molar-refractivity contribution in [3.63, 3.8) is 0 Å². The molecule has 0 spiro atoms. The Kier molecular flexibility index (Phi) is 7.92. The summed E-state index contributed by atoms with van der Waals surface area (Å²) in [6.07, 6.45) is 4.54. The summed E-state index contributed by atoms with van der Waals surface area (Å²) >= 11 is 0. The standard InChI is InChI=1S/C31H32N4O3/c1-6-14-38-25-12-13-26(21(4)15-25)29-23(19-35(33-29)24-10-8-7-9-11-24)16-27-22(5)28(17-32)31(37)34(30(27)36)18-20(2)3/h7-13,15-16,19-20H,6,14,18H2,1-5H3/b27-16+. The predicted molar refractivity (Wildman–Crippen MR) is 147 cm³/mol. The molecule has 7 nitrogen and oxygen atoms in total. The molecule has 7 heteroatoms. The Hall–Kier alpha value is -4.44. The molecule has 1 aliphatic heterocycles. The van der Waals surface area contributed by atoms with Crippen LogP contribution in [0.1, 0.15) is 45.2 Å². The molecule has 194 valence electrons. The van der Waals surface area contributed by atoms with E-state index in [1.54, 1.807) is 17.7 Å². The molecule has 0 atom stereocenters. The first-order chi connectivity index (χ1) is 18.2. The number of aromatic nitrogens is 2. The molecule has 1 aromatic heterocycles. The van der Waals surface area contributed by atoms with E-state index in [4.69, 9.17) is 9.84 Å². The topological polar surface area (TPSA) is 88.2 Å². The highest BCUT2D eigenvalue weighted by atomic mass is 16.5. The first kappa shape index (κ1) is 26.6. The summed E-state index contributed by atoms with van der Waals surface area (Å²) in [5, 5.41) is 14.6. The second kappa shape index (κ2) is 11.3. The fraction of sp³-hybridized carbons (Fsp3) is 0.290. The predicted octanol–water partition coefficient (Wildman–Crippen LogP) is 5.88. The van der Waals surface area contributed by atoms with E-state index in [0.717, 1.165) is 29.0 Å². The second-order valence-corrected chi connectivity index (χ2v) is 9.82. The largest absolute Gasteiger partial charge is 0.494 e. The monoisotopic (exact) mass is 508 g/mol. The Morgan fingerprint density at radius 3 is 2.45 bits per heavy atom. The van der Waals surface area contributed by atoms with Crippen LogP contribution in [0.25, 0.3) is 23.0 Å². The van der Waals surface area contributed by atoms with Crippen LogP contribution in [0.5, 0.6) is 5.75 Å². The first-order valence-electron chi connectivity index (χ1n) is 12.8. The van der Waals surface area contributed by atoms with Gasteiger partial charge in [-0.2, -0.15) is 10.4 Å². The smallest absolute Gasteiger partial charge is 0.271 e. The van der Waals surface area contributed by atoms with Gasteiger partial charge in [-0.3, -0.25) is 14.5 Å². The Morgan fingerprint density at radius 1 is 1.08 bits per heavy atom. The molecule has 2 amide bonds. The molecule has 0 saturated carbocycles. The summed E-state index contributed by atoms with van der Waals surface area (Å²) in [5.41, 5.74) is 4.82. The zero-order valence-corrected chi connectivity index (χ0v) is 22.5. The summed E-state index contributed by atoms with van der Waals surface area (Å²) in [4.78, 5) is 27.6. The third-order valence-electron chi connectivity index (χ3n) is 6.36. The molecule has 0 saturated heterocycles. The number of carbonyl (C=O) groups is 2. The lowest BCUT2D eigenvalue weighted by molar-refractivity contribution is -0.141. The van der Waals surface area contributed by atoms with Crippen LogP contribution in [0.3, 0.4) is 0 Å². The van der Waals surface area contributed by atoms with Crippen molar-refractivity contribution in [2.75, 3.05) is 13.2 Å². The molecule has 4 rings (SSSR count). The van der Waals surface area contributed by atoms with E-state index < -0.39 is 11.8 Å². The van der Waals surface area contributed by atoms with Gasteiger partial charge < -0.3 is 4.74 Å². The lowest BCUT2D eigenvalue weighted by Gasteiger charge is -2.28. The van der Waals surface area contributed by atoms with E-state index in [2.05, 4.69) is 6.92 Å². The third-order valence-corrected chi connectivity index (χ3v) is 6.36. The number of imide groups is 1. The van der Waals surface area contributed by atoms with Crippen molar-refractivity contribution in [1.82, 2.24) is 14.7 Å². The van der Waals surface area contributed by atoms with Gasteiger partial charge in [-0.15, -0.1) is 0 Å². The fourth-order valence-corrected chi connectivity index (χ4v) is 4.44. The first-order valence-corrected chi connectivity index (χ1v) is 12.8. The molecule has 1 aliphatic rings. The summed E-state index contributed by atoms with van der Waals surface area (Å²) in [6, 6.07) is 17.6. The minimum Gasteiger partial charge on any atom is -0.494 e. The van der Waals surface area contributed by atoms with Crippen LogP contribution in [0, 0.1) is 24.2 Å². The highest BCUT2D eigenvalue weighted by Gasteiger charge is 2.36. The average molecular weight is 509 g/mol. The van der Waals surface area contributed by atoms with Gasteiger partial charge >= 0.3 is 0 Å². The molecule has 0 bridgehead atoms. The van der Waals surface area contributed by atoms with Gasteiger partial charge in [0.2, 0.25) is 0 Å². The molecular weight excluding hydrogens is 476 g/mol. The van der Waals surface area contributed by atoms with E-state index in [-0.39, 0.29) is 18.0 Å². The van der Waals surface area contributed by atoms with Crippen molar-refractivity contribution in [1.29, 1.82) is 5.26 Å². The van der Waals surface area contributed by atoms with Crippen LogP contribution in [0.4, 0.5) is 0 Å². The number of para-hydroxylation sites is 1. The summed E-state index contributed by atoms with van der Waals surface area (Å²) in [5.74, 6) is -0.0913. The van der Waals surface area contributed by atoms with E-state index in [9.17, 15) is 14.9 Å². The van der Waals surface area contributed by atoms with E-state index in [1.165, 1.54) is 4.90 Å². The molecule has 2 aromatic carbocycles. The Bertz CT molecular complexity index is 1470. The van der Waals surface area contributed by atoms with Crippen molar-refractivity contribution < 1.29 is 14.3 Å². The van der Waals surface area contributed by atoms with Crippen LogP contribution >= 0.6 is 0 Å².